The first kappa shape index (κ1) is 15.9. The minimum atomic E-state index is -1.56. The second-order valence-corrected chi connectivity index (χ2v) is 7.24. The monoisotopic (exact) mass is 574 g/mol. The average molecular weight is 574 g/mol. The molecular formula is C11H10FI3O2. The number of rotatable bonds is 3. The zero-order valence-electron chi connectivity index (χ0n) is 9.14. The van der Waals surface area contributed by atoms with Crippen LogP contribution in [0.5, 0.6) is 0 Å². The Morgan fingerprint density at radius 1 is 1.29 bits per heavy atom. The van der Waals surface area contributed by atoms with Gasteiger partial charge in [-0.25, -0.2) is 9.18 Å². The van der Waals surface area contributed by atoms with Gasteiger partial charge in [0.15, 0.2) is 0 Å². The molecule has 0 saturated carbocycles. The fraction of sp³-hybridized carbons (Fsp3) is 0.364. The third-order valence-electron chi connectivity index (χ3n) is 1.96. The van der Waals surface area contributed by atoms with Gasteiger partial charge in [0.1, 0.15) is 0 Å². The van der Waals surface area contributed by atoms with E-state index in [0.717, 1.165) is 10.7 Å². The molecule has 0 aliphatic heterocycles. The van der Waals surface area contributed by atoms with Gasteiger partial charge in [-0.2, -0.15) is 0 Å². The lowest BCUT2D eigenvalue weighted by Gasteiger charge is -2.14. The van der Waals surface area contributed by atoms with Crippen LogP contribution in [0.25, 0.3) is 0 Å². The third-order valence-corrected chi connectivity index (χ3v) is 5.62. The molecule has 0 aliphatic carbocycles. The summed E-state index contributed by atoms with van der Waals surface area (Å²) in [5, 5.41) is 0. The fourth-order valence-electron chi connectivity index (χ4n) is 1.01. The van der Waals surface area contributed by atoms with Crippen molar-refractivity contribution >= 4 is 73.7 Å². The number of benzene rings is 1. The van der Waals surface area contributed by atoms with E-state index in [2.05, 4.69) is 67.8 Å². The van der Waals surface area contributed by atoms with Gasteiger partial charge in [-0.3, -0.25) is 0 Å². The van der Waals surface area contributed by atoms with Crippen molar-refractivity contribution in [3.05, 3.63) is 28.4 Å². The summed E-state index contributed by atoms with van der Waals surface area (Å²) in [6, 6.07) is 3.66. The van der Waals surface area contributed by atoms with Crippen LogP contribution in [0.2, 0.25) is 0 Å². The smallest absolute Gasteiger partial charge is 0.341 e. The number of esters is 1. The van der Waals surface area contributed by atoms with Crippen molar-refractivity contribution in [2.75, 3.05) is 0 Å². The standard InChI is InChI=1S/C11H10FI3O2/c1-5(2)10(12)17-11(16)7-3-6(13)4-8(14)9(7)15/h3-5,10H,1-2H3. The molecule has 2 nitrogen and oxygen atoms in total. The SMILES string of the molecule is CC(C)C(F)OC(=O)c1cc(I)cc(I)c1I. The Morgan fingerprint density at radius 3 is 2.41 bits per heavy atom. The maximum Gasteiger partial charge on any atom is 0.341 e. The van der Waals surface area contributed by atoms with E-state index in [0.29, 0.717) is 5.56 Å². The van der Waals surface area contributed by atoms with Crippen molar-refractivity contribution in [1.82, 2.24) is 0 Å². The molecule has 1 unspecified atom stereocenters. The lowest BCUT2D eigenvalue weighted by Crippen LogP contribution is -2.20. The van der Waals surface area contributed by atoms with Crippen molar-refractivity contribution in [2.24, 2.45) is 5.92 Å². The second kappa shape index (κ2) is 6.83. The first-order valence-corrected chi connectivity index (χ1v) is 8.06. The Labute approximate surface area is 140 Å². The molecule has 0 aromatic heterocycles. The van der Waals surface area contributed by atoms with Crippen molar-refractivity contribution in [1.29, 1.82) is 0 Å². The van der Waals surface area contributed by atoms with Gasteiger partial charge in [0.05, 0.1) is 5.56 Å². The zero-order valence-corrected chi connectivity index (χ0v) is 15.6. The molecule has 1 atom stereocenters. The number of hydrogen-bond acceptors (Lipinski definition) is 2. The fourth-order valence-corrected chi connectivity index (χ4v) is 3.38. The molecule has 0 radical (unpaired) electrons. The van der Waals surface area contributed by atoms with Crippen LogP contribution in [0.3, 0.4) is 0 Å². The van der Waals surface area contributed by atoms with Crippen LogP contribution in [0.4, 0.5) is 4.39 Å². The highest BCUT2D eigenvalue weighted by Crippen LogP contribution is 2.24. The summed E-state index contributed by atoms with van der Waals surface area (Å²) in [5.41, 5.74) is 0.421. The van der Waals surface area contributed by atoms with Crippen molar-refractivity contribution in [2.45, 2.75) is 20.2 Å². The van der Waals surface area contributed by atoms with E-state index in [4.69, 9.17) is 4.74 Å². The molecule has 0 amide bonds. The molecule has 1 aromatic rings. The van der Waals surface area contributed by atoms with Crippen LogP contribution in [-0.2, 0) is 4.74 Å². The topological polar surface area (TPSA) is 26.3 Å². The van der Waals surface area contributed by atoms with Gasteiger partial charge >= 0.3 is 5.97 Å². The lowest BCUT2D eigenvalue weighted by atomic mass is 10.2. The predicted molar refractivity (Wildman–Crippen MR) is 89.7 cm³/mol. The van der Waals surface area contributed by atoms with Crippen molar-refractivity contribution in [3.63, 3.8) is 0 Å². The Kier molecular flexibility index (Phi) is 6.37. The molecule has 6 heteroatoms. The second-order valence-electron chi connectivity index (χ2n) is 3.75. The lowest BCUT2D eigenvalue weighted by molar-refractivity contribution is -0.0374. The van der Waals surface area contributed by atoms with Crippen LogP contribution < -0.4 is 0 Å². The normalized spacial score (nSPS) is 12.6. The number of ether oxygens (including phenoxy) is 1. The van der Waals surface area contributed by atoms with E-state index < -0.39 is 12.3 Å². The van der Waals surface area contributed by atoms with Crippen LogP contribution in [-0.4, -0.2) is 12.3 Å². The van der Waals surface area contributed by atoms with E-state index in [1.807, 2.05) is 6.07 Å². The highest BCUT2D eigenvalue weighted by molar-refractivity contribution is 14.1. The van der Waals surface area contributed by atoms with E-state index in [1.54, 1.807) is 19.9 Å². The van der Waals surface area contributed by atoms with E-state index in [-0.39, 0.29) is 5.92 Å². The number of carbonyl (C=O) groups is 1. The van der Waals surface area contributed by atoms with Crippen molar-refractivity contribution < 1.29 is 13.9 Å². The summed E-state index contributed by atoms with van der Waals surface area (Å²) in [6.45, 7) is 3.34. The molecule has 0 fully saturated rings. The molecule has 17 heavy (non-hydrogen) atoms. The van der Waals surface area contributed by atoms with Crippen molar-refractivity contribution in [3.8, 4) is 0 Å². The molecule has 1 rings (SSSR count). The molecule has 94 valence electrons. The summed E-state index contributed by atoms with van der Waals surface area (Å²) in [6.07, 6.45) is -1.56. The van der Waals surface area contributed by atoms with Crippen LogP contribution >= 0.6 is 67.8 Å². The molecule has 0 spiro atoms. The number of carbonyl (C=O) groups excluding carboxylic acids is 1. The summed E-state index contributed by atoms with van der Waals surface area (Å²) in [4.78, 5) is 11.8. The van der Waals surface area contributed by atoms with Crippen LogP contribution in [0.15, 0.2) is 12.1 Å². The van der Waals surface area contributed by atoms with Gasteiger partial charge in [-0.15, -0.1) is 0 Å². The molecule has 1 aromatic carbocycles. The highest BCUT2D eigenvalue weighted by atomic mass is 127. The number of alkyl halides is 1. The average Bonchev–Trinajstić information content (AvgIpc) is 2.22. The quantitative estimate of drug-likeness (QED) is 0.300. The van der Waals surface area contributed by atoms with Gasteiger partial charge in [-0.1, -0.05) is 13.8 Å². The maximum atomic E-state index is 13.3. The van der Waals surface area contributed by atoms with Gasteiger partial charge in [0.2, 0.25) is 6.36 Å². The summed E-state index contributed by atoms with van der Waals surface area (Å²) in [5.74, 6) is -0.939. The maximum absolute atomic E-state index is 13.3. The zero-order chi connectivity index (χ0) is 13.2. The first-order valence-electron chi connectivity index (χ1n) is 4.82. The van der Waals surface area contributed by atoms with Gasteiger partial charge in [-0.05, 0) is 79.9 Å². The summed E-state index contributed by atoms with van der Waals surface area (Å²) < 4.78 is 20.8. The summed E-state index contributed by atoms with van der Waals surface area (Å²) in [7, 11) is 0. The molecular weight excluding hydrogens is 564 g/mol. The largest absolute Gasteiger partial charge is 0.427 e. The Balaban J connectivity index is 2.97. The minimum absolute atomic E-state index is 0.335. The van der Waals surface area contributed by atoms with E-state index in [9.17, 15) is 9.18 Å². The van der Waals surface area contributed by atoms with Crippen LogP contribution in [0, 0.1) is 16.6 Å². The Morgan fingerprint density at radius 2 is 1.88 bits per heavy atom. The Hall–Kier alpha value is 0.810. The first-order chi connectivity index (χ1) is 7.82. The van der Waals surface area contributed by atoms with Gasteiger partial charge < -0.3 is 4.74 Å². The molecule has 0 bridgehead atoms. The third kappa shape index (κ3) is 4.44. The van der Waals surface area contributed by atoms with Gasteiger partial charge in [0.25, 0.3) is 0 Å². The predicted octanol–water partition coefficient (Wildman–Crippen LogP) is 4.61. The Bertz CT molecular complexity index is 435. The number of hydrogen-bond donors (Lipinski definition) is 0. The van der Waals surface area contributed by atoms with E-state index in [1.165, 1.54) is 0 Å². The molecule has 0 N–H and O–H groups in total. The molecule has 0 heterocycles. The highest BCUT2D eigenvalue weighted by Gasteiger charge is 2.21. The van der Waals surface area contributed by atoms with E-state index >= 15 is 0 Å². The van der Waals surface area contributed by atoms with Gasteiger partial charge in [0, 0.05) is 16.6 Å². The molecule has 0 aliphatic rings. The van der Waals surface area contributed by atoms with Crippen LogP contribution in [0.1, 0.15) is 24.2 Å². The summed E-state index contributed by atoms with van der Waals surface area (Å²) >= 11 is 6.33. The number of halogens is 4. The molecule has 0 saturated heterocycles. The minimum Gasteiger partial charge on any atom is -0.427 e.